The zero-order chi connectivity index (χ0) is 27.1. The number of hydrogen-bond donors (Lipinski definition) is 2. The van der Waals surface area contributed by atoms with Gasteiger partial charge in [0, 0.05) is 23.9 Å². The van der Waals surface area contributed by atoms with E-state index >= 15 is 0 Å². The van der Waals surface area contributed by atoms with Gasteiger partial charge in [0.2, 0.25) is 5.91 Å². The number of carbonyl (C=O) groups is 2. The molecule has 208 valence electrons. The Hall–Kier alpha value is -1.18. The number of halogens is 2. The standard InChI is InChI=1S/C30H45Br2NO4/c1-2-3-4-5-6-7-8-9-10-11-12-13-14-15-16-17-18-19-27(35)33-21-20-30(37,29(33)36)24-22-25(31)28(32)26(34)23-24/h12-13,22-23,34,37H,2-11,14-21H2,1H3. The molecular formula is C30H45Br2NO4. The normalized spacial score (nSPS) is 17.8. The van der Waals surface area contributed by atoms with Crippen LogP contribution in [0.3, 0.4) is 0 Å². The molecule has 37 heavy (non-hydrogen) atoms. The number of aliphatic hydroxyl groups is 1. The van der Waals surface area contributed by atoms with Crippen molar-refractivity contribution in [1.82, 2.24) is 4.90 Å². The molecule has 0 saturated carbocycles. The maximum absolute atomic E-state index is 12.9. The maximum atomic E-state index is 12.9. The summed E-state index contributed by atoms with van der Waals surface area (Å²) in [7, 11) is 0. The third-order valence-corrected chi connectivity index (χ3v) is 9.23. The van der Waals surface area contributed by atoms with E-state index in [-0.39, 0.29) is 30.2 Å². The number of phenolic OH excluding ortho intramolecular Hbond substituents is 1. The summed E-state index contributed by atoms with van der Waals surface area (Å²) in [5.41, 5.74) is -1.51. The third kappa shape index (κ3) is 10.5. The highest BCUT2D eigenvalue weighted by atomic mass is 79.9. The lowest BCUT2D eigenvalue weighted by atomic mass is 9.92. The molecule has 1 atom stereocenters. The molecule has 1 unspecified atom stereocenters. The number of imide groups is 1. The monoisotopic (exact) mass is 641 g/mol. The van der Waals surface area contributed by atoms with Crippen LogP contribution >= 0.6 is 31.9 Å². The number of phenols is 1. The molecule has 0 aromatic heterocycles. The van der Waals surface area contributed by atoms with Crippen molar-refractivity contribution < 1.29 is 19.8 Å². The van der Waals surface area contributed by atoms with Gasteiger partial charge in [-0.3, -0.25) is 14.5 Å². The van der Waals surface area contributed by atoms with Crippen LogP contribution in [0, 0.1) is 0 Å². The van der Waals surface area contributed by atoms with Gasteiger partial charge < -0.3 is 10.2 Å². The highest BCUT2D eigenvalue weighted by Gasteiger charge is 2.48. The number of unbranched alkanes of at least 4 members (excludes halogenated alkanes) is 13. The molecule has 1 aromatic carbocycles. The Balaban J connectivity index is 1.54. The average molecular weight is 644 g/mol. The molecule has 0 aliphatic carbocycles. The Labute approximate surface area is 240 Å². The number of carbonyl (C=O) groups excluding carboxylic acids is 2. The van der Waals surface area contributed by atoms with Crippen molar-refractivity contribution in [3.63, 3.8) is 0 Å². The first-order valence-electron chi connectivity index (χ1n) is 14.2. The molecule has 1 heterocycles. The van der Waals surface area contributed by atoms with E-state index in [1.807, 2.05) is 0 Å². The average Bonchev–Trinajstić information content (AvgIpc) is 3.19. The van der Waals surface area contributed by atoms with Gasteiger partial charge in [-0.25, -0.2) is 0 Å². The van der Waals surface area contributed by atoms with Crippen LogP contribution in [-0.4, -0.2) is 33.5 Å². The predicted octanol–water partition coefficient (Wildman–Crippen LogP) is 8.68. The van der Waals surface area contributed by atoms with Crippen LogP contribution in [0.25, 0.3) is 0 Å². The van der Waals surface area contributed by atoms with Gasteiger partial charge in [0.15, 0.2) is 5.60 Å². The summed E-state index contributed by atoms with van der Waals surface area (Å²) in [4.78, 5) is 26.7. The topological polar surface area (TPSA) is 77.8 Å². The summed E-state index contributed by atoms with van der Waals surface area (Å²) in [5, 5.41) is 21.1. The van der Waals surface area contributed by atoms with Crippen LogP contribution < -0.4 is 0 Å². The van der Waals surface area contributed by atoms with Crippen LogP contribution in [-0.2, 0) is 15.2 Å². The molecule has 0 spiro atoms. The fourth-order valence-corrected chi connectivity index (χ4v) is 5.54. The van der Waals surface area contributed by atoms with E-state index in [0.29, 0.717) is 15.4 Å². The van der Waals surface area contributed by atoms with Gasteiger partial charge in [-0.2, -0.15) is 0 Å². The Morgan fingerprint density at radius 1 is 0.919 bits per heavy atom. The van der Waals surface area contributed by atoms with Crippen LogP contribution in [0.1, 0.15) is 122 Å². The summed E-state index contributed by atoms with van der Waals surface area (Å²) in [6.07, 6.45) is 23.5. The molecule has 5 nitrogen and oxygen atoms in total. The van der Waals surface area contributed by atoms with Gasteiger partial charge in [0.05, 0.1) is 4.47 Å². The number of benzene rings is 1. The van der Waals surface area contributed by atoms with Gasteiger partial charge in [-0.05, 0) is 81.7 Å². The van der Waals surface area contributed by atoms with Crippen molar-refractivity contribution in [2.24, 2.45) is 0 Å². The first-order chi connectivity index (χ1) is 17.8. The van der Waals surface area contributed by atoms with E-state index in [1.165, 1.54) is 75.2 Å². The van der Waals surface area contributed by atoms with E-state index < -0.39 is 11.5 Å². The molecule has 0 bridgehead atoms. The number of nitrogens with zero attached hydrogens (tertiary/aromatic N) is 1. The number of allylic oxidation sites excluding steroid dienone is 2. The Morgan fingerprint density at radius 2 is 1.46 bits per heavy atom. The van der Waals surface area contributed by atoms with E-state index in [4.69, 9.17) is 0 Å². The number of rotatable bonds is 18. The SMILES string of the molecule is CCCCCCCCCCCC=CCCCCCCC(=O)N1CCC(O)(c2cc(O)c(Br)c(Br)c2)C1=O. The molecule has 1 aliphatic heterocycles. The van der Waals surface area contributed by atoms with Gasteiger partial charge in [-0.1, -0.05) is 83.3 Å². The van der Waals surface area contributed by atoms with Crippen molar-refractivity contribution >= 4 is 43.7 Å². The molecule has 0 radical (unpaired) electrons. The fourth-order valence-electron chi connectivity index (χ4n) is 4.86. The number of amides is 2. The molecule has 1 aliphatic rings. The molecular weight excluding hydrogens is 598 g/mol. The minimum atomic E-state index is -1.79. The maximum Gasteiger partial charge on any atom is 0.265 e. The van der Waals surface area contributed by atoms with E-state index in [2.05, 4.69) is 50.9 Å². The number of likely N-dealkylation sites (tertiary alicyclic amines) is 1. The molecule has 2 N–H and O–H groups in total. The molecule has 1 saturated heterocycles. The van der Waals surface area contributed by atoms with Crippen molar-refractivity contribution in [3.05, 3.63) is 38.8 Å². The van der Waals surface area contributed by atoms with Crippen molar-refractivity contribution in [2.75, 3.05) is 6.54 Å². The van der Waals surface area contributed by atoms with Crippen LogP contribution in [0.2, 0.25) is 0 Å². The summed E-state index contributed by atoms with van der Waals surface area (Å²) >= 11 is 6.55. The summed E-state index contributed by atoms with van der Waals surface area (Å²) in [6.45, 7) is 2.45. The molecule has 1 aromatic rings. The smallest absolute Gasteiger partial charge is 0.265 e. The van der Waals surface area contributed by atoms with E-state index in [0.717, 1.165) is 32.1 Å². The zero-order valence-corrected chi connectivity index (χ0v) is 25.6. The Kier molecular flexibility index (Phi) is 15.1. The minimum Gasteiger partial charge on any atom is -0.507 e. The van der Waals surface area contributed by atoms with E-state index in [9.17, 15) is 19.8 Å². The van der Waals surface area contributed by atoms with Crippen LogP contribution in [0.5, 0.6) is 5.75 Å². The summed E-state index contributed by atoms with van der Waals surface area (Å²) < 4.78 is 0.986. The predicted molar refractivity (Wildman–Crippen MR) is 157 cm³/mol. The summed E-state index contributed by atoms with van der Waals surface area (Å²) in [6, 6.07) is 2.96. The quantitative estimate of drug-likeness (QED) is 0.124. The zero-order valence-electron chi connectivity index (χ0n) is 22.5. The van der Waals surface area contributed by atoms with Crippen LogP contribution in [0.4, 0.5) is 0 Å². The lowest BCUT2D eigenvalue weighted by molar-refractivity contribution is -0.151. The highest BCUT2D eigenvalue weighted by Crippen LogP contribution is 2.40. The van der Waals surface area contributed by atoms with Crippen molar-refractivity contribution in [2.45, 2.75) is 122 Å². The highest BCUT2D eigenvalue weighted by molar-refractivity contribution is 9.13. The van der Waals surface area contributed by atoms with Gasteiger partial charge in [0.25, 0.3) is 5.91 Å². The van der Waals surface area contributed by atoms with Crippen molar-refractivity contribution in [1.29, 1.82) is 0 Å². The minimum absolute atomic E-state index is 0.0753. The van der Waals surface area contributed by atoms with E-state index in [1.54, 1.807) is 6.07 Å². The number of aromatic hydroxyl groups is 1. The Morgan fingerprint density at radius 3 is 2.03 bits per heavy atom. The van der Waals surface area contributed by atoms with Crippen LogP contribution in [0.15, 0.2) is 33.2 Å². The van der Waals surface area contributed by atoms with Gasteiger partial charge in [0.1, 0.15) is 5.75 Å². The van der Waals surface area contributed by atoms with Crippen molar-refractivity contribution in [3.8, 4) is 5.75 Å². The first-order valence-corrected chi connectivity index (χ1v) is 15.8. The lowest BCUT2D eigenvalue weighted by Crippen LogP contribution is -2.40. The lowest BCUT2D eigenvalue weighted by Gasteiger charge is -2.23. The molecule has 2 rings (SSSR count). The first kappa shape index (κ1) is 32.0. The van der Waals surface area contributed by atoms with Gasteiger partial charge in [-0.15, -0.1) is 0 Å². The second kappa shape index (κ2) is 17.4. The molecule has 7 heteroatoms. The van der Waals surface area contributed by atoms with Gasteiger partial charge >= 0.3 is 0 Å². The second-order valence-corrected chi connectivity index (χ2v) is 11.9. The molecule has 2 amide bonds. The Bertz CT molecular complexity index is 865. The third-order valence-electron chi connectivity index (χ3n) is 7.24. The fraction of sp³-hybridized carbons (Fsp3) is 0.667. The second-order valence-electron chi connectivity index (χ2n) is 10.3. The largest absolute Gasteiger partial charge is 0.507 e. The summed E-state index contributed by atoms with van der Waals surface area (Å²) in [5.74, 6) is -0.917. The number of hydrogen-bond acceptors (Lipinski definition) is 4. The molecule has 1 fully saturated rings.